The number of ketones is 1. The summed E-state index contributed by atoms with van der Waals surface area (Å²) >= 11 is 1.17. The number of Topliss-reactive ketones (excluding diaryl/α,β-unsaturated/α-hetero) is 1. The molecule has 2 aromatic heterocycles. The van der Waals surface area contributed by atoms with Gasteiger partial charge < -0.3 is 9.73 Å². The molecule has 0 aliphatic rings. The van der Waals surface area contributed by atoms with E-state index in [-0.39, 0.29) is 35.3 Å². The molecule has 0 unspecified atom stereocenters. The van der Waals surface area contributed by atoms with Crippen LogP contribution in [0, 0.1) is 0 Å². The number of fused-ring (bicyclic) bond motifs is 1. The third-order valence-electron chi connectivity index (χ3n) is 4.54. The number of aromatic nitrogens is 2. The standard InChI is InChI=1S/C23H19N3O4S/c1-15(27)24-13-17-11-12-21(30-17)20(28)14-31-23-25-19-10-6-5-9-18(19)22(29)26(23)16-7-3-2-4-8-16/h2-12H,13-14H2,1H3,(H,24,27). The smallest absolute Gasteiger partial charge is 0.266 e. The number of nitrogens with one attached hydrogen (secondary N) is 1. The van der Waals surface area contributed by atoms with Crippen LogP contribution >= 0.6 is 11.8 Å². The lowest BCUT2D eigenvalue weighted by atomic mass is 10.2. The molecule has 0 aliphatic carbocycles. The molecule has 31 heavy (non-hydrogen) atoms. The van der Waals surface area contributed by atoms with Crippen LogP contribution in [0.2, 0.25) is 0 Å². The van der Waals surface area contributed by atoms with Gasteiger partial charge in [0.05, 0.1) is 28.9 Å². The summed E-state index contributed by atoms with van der Waals surface area (Å²) in [6.45, 7) is 1.63. The maximum Gasteiger partial charge on any atom is 0.266 e. The summed E-state index contributed by atoms with van der Waals surface area (Å²) in [5.74, 6) is 0.322. The summed E-state index contributed by atoms with van der Waals surface area (Å²) in [5, 5.41) is 3.56. The molecular weight excluding hydrogens is 414 g/mol. The zero-order chi connectivity index (χ0) is 21.8. The SMILES string of the molecule is CC(=O)NCc1ccc(C(=O)CSc2nc3ccccc3c(=O)n2-c2ccccc2)o1. The van der Waals surface area contributed by atoms with Gasteiger partial charge in [-0.05, 0) is 36.4 Å². The largest absolute Gasteiger partial charge is 0.456 e. The molecule has 0 saturated heterocycles. The van der Waals surface area contributed by atoms with E-state index in [1.165, 1.54) is 23.3 Å². The van der Waals surface area contributed by atoms with Crippen molar-refractivity contribution in [3.8, 4) is 5.69 Å². The molecule has 0 fully saturated rings. The average Bonchev–Trinajstić information content (AvgIpc) is 3.26. The monoisotopic (exact) mass is 433 g/mol. The van der Waals surface area contributed by atoms with Crippen molar-refractivity contribution < 1.29 is 14.0 Å². The molecule has 1 N–H and O–H groups in total. The van der Waals surface area contributed by atoms with Crippen LogP contribution in [0.5, 0.6) is 0 Å². The van der Waals surface area contributed by atoms with Gasteiger partial charge in [-0.1, -0.05) is 42.1 Å². The average molecular weight is 433 g/mol. The van der Waals surface area contributed by atoms with E-state index < -0.39 is 0 Å². The summed E-state index contributed by atoms with van der Waals surface area (Å²) in [6.07, 6.45) is 0. The molecule has 7 nitrogen and oxygen atoms in total. The molecule has 8 heteroatoms. The number of benzene rings is 2. The number of para-hydroxylation sites is 2. The van der Waals surface area contributed by atoms with Crippen LogP contribution in [0.4, 0.5) is 0 Å². The quantitative estimate of drug-likeness (QED) is 0.272. The zero-order valence-electron chi connectivity index (χ0n) is 16.7. The first-order chi connectivity index (χ1) is 15.0. The molecular formula is C23H19N3O4S. The second kappa shape index (κ2) is 9.01. The van der Waals surface area contributed by atoms with E-state index >= 15 is 0 Å². The molecule has 0 spiro atoms. The number of furan rings is 1. The number of carbonyl (C=O) groups is 2. The first kappa shape index (κ1) is 20.6. The minimum atomic E-state index is -0.235. The van der Waals surface area contributed by atoms with E-state index in [0.717, 1.165) is 0 Å². The van der Waals surface area contributed by atoms with E-state index in [0.29, 0.717) is 27.5 Å². The Morgan fingerprint density at radius 2 is 1.77 bits per heavy atom. The van der Waals surface area contributed by atoms with Gasteiger partial charge in [-0.15, -0.1) is 0 Å². The fourth-order valence-corrected chi connectivity index (χ4v) is 3.93. The molecule has 0 atom stereocenters. The third kappa shape index (κ3) is 4.59. The van der Waals surface area contributed by atoms with Gasteiger partial charge in [0.1, 0.15) is 5.76 Å². The maximum atomic E-state index is 13.2. The lowest BCUT2D eigenvalue weighted by Gasteiger charge is -2.12. The summed E-state index contributed by atoms with van der Waals surface area (Å²) in [4.78, 5) is 41.5. The van der Waals surface area contributed by atoms with E-state index in [1.807, 2.05) is 36.4 Å². The summed E-state index contributed by atoms with van der Waals surface area (Å²) in [5.41, 5.74) is 1.06. The van der Waals surface area contributed by atoms with Crippen LogP contribution in [0.15, 0.2) is 81.1 Å². The van der Waals surface area contributed by atoms with Crippen molar-refractivity contribution in [2.24, 2.45) is 0 Å². The third-order valence-corrected chi connectivity index (χ3v) is 5.48. The van der Waals surface area contributed by atoms with Gasteiger partial charge in [0.25, 0.3) is 5.56 Å². The maximum absolute atomic E-state index is 13.2. The Morgan fingerprint density at radius 1 is 1.03 bits per heavy atom. The number of thioether (sulfide) groups is 1. The van der Waals surface area contributed by atoms with Crippen molar-refractivity contribution in [3.63, 3.8) is 0 Å². The van der Waals surface area contributed by atoms with Crippen LogP contribution < -0.4 is 10.9 Å². The van der Waals surface area contributed by atoms with Crippen molar-refractivity contribution in [2.45, 2.75) is 18.6 Å². The topological polar surface area (TPSA) is 94.2 Å². The highest BCUT2D eigenvalue weighted by Gasteiger charge is 2.17. The van der Waals surface area contributed by atoms with E-state index in [9.17, 15) is 14.4 Å². The molecule has 2 heterocycles. The molecule has 2 aromatic carbocycles. The fraction of sp³-hybridized carbons (Fsp3) is 0.130. The van der Waals surface area contributed by atoms with Crippen molar-refractivity contribution in [1.82, 2.24) is 14.9 Å². The molecule has 4 aromatic rings. The fourth-order valence-electron chi connectivity index (χ4n) is 3.05. The predicted molar refractivity (Wildman–Crippen MR) is 119 cm³/mol. The molecule has 1 amide bonds. The molecule has 0 saturated carbocycles. The van der Waals surface area contributed by atoms with Gasteiger partial charge in [0.15, 0.2) is 10.9 Å². The van der Waals surface area contributed by atoms with Gasteiger partial charge in [-0.2, -0.15) is 0 Å². The van der Waals surface area contributed by atoms with Gasteiger partial charge >= 0.3 is 0 Å². The Morgan fingerprint density at radius 3 is 2.55 bits per heavy atom. The number of hydrogen-bond acceptors (Lipinski definition) is 6. The van der Waals surface area contributed by atoms with Crippen LogP contribution in [0.3, 0.4) is 0 Å². The van der Waals surface area contributed by atoms with Crippen LogP contribution in [-0.2, 0) is 11.3 Å². The Labute approximate surface area is 182 Å². The molecule has 0 aliphatic heterocycles. The number of nitrogens with zero attached hydrogens (tertiary/aromatic N) is 2. The minimum absolute atomic E-state index is 0.0463. The summed E-state index contributed by atoms with van der Waals surface area (Å²) in [7, 11) is 0. The lowest BCUT2D eigenvalue weighted by Crippen LogP contribution is -2.22. The Hall–Kier alpha value is -3.65. The van der Waals surface area contributed by atoms with E-state index in [1.54, 1.807) is 30.3 Å². The second-order valence-electron chi connectivity index (χ2n) is 6.78. The molecule has 0 bridgehead atoms. The highest BCUT2D eigenvalue weighted by atomic mass is 32.2. The Kier molecular flexibility index (Phi) is 5.99. The van der Waals surface area contributed by atoms with Crippen molar-refractivity contribution in [1.29, 1.82) is 0 Å². The van der Waals surface area contributed by atoms with Crippen LogP contribution in [0.25, 0.3) is 16.6 Å². The second-order valence-corrected chi connectivity index (χ2v) is 7.72. The van der Waals surface area contributed by atoms with Crippen molar-refractivity contribution >= 4 is 34.4 Å². The van der Waals surface area contributed by atoms with Gasteiger partial charge in [-0.3, -0.25) is 19.0 Å². The van der Waals surface area contributed by atoms with Crippen molar-refractivity contribution in [3.05, 3.63) is 88.6 Å². The number of amides is 1. The number of hydrogen-bond donors (Lipinski definition) is 1. The van der Waals surface area contributed by atoms with Gasteiger partial charge in [0, 0.05) is 6.92 Å². The highest BCUT2D eigenvalue weighted by Crippen LogP contribution is 2.22. The molecule has 156 valence electrons. The highest BCUT2D eigenvalue weighted by molar-refractivity contribution is 7.99. The van der Waals surface area contributed by atoms with Crippen molar-refractivity contribution in [2.75, 3.05) is 5.75 Å². The van der Waals surface area contributed by atoms with Crippen LogP contribution in [0.1, 0.15) is 23.2 Å². The first-order valence-electron chi connectivity index (χ1n) is 9.59. The van der Waals surface area contributed by atoms with Gasteiger partial charge in [-0.25, -0.2) is 4.98 Å². The number of rotatable bonds is 7. The minimum Gasteiger partial charge on any atom is -0.456 e. The van der Waals surface area contributed by atoms with Crippen LogP contribution in [-0.4, -0.2) is 27.0 Å². The zero-order valence-corrected chi connectivity index (χ0v) is 17.5. The normalized spacial score (nSPS) is 10.9. The summed E-state index contributed by atoms with van der Waals surface area (Å²) in [6, 6.07) is 19.6. The lowest BCUT2D eigenvalue weighted by molar-refractivity contribution is -0.119. The predicted octanol–water partition coefficient (Wildman–Crippen LogP) is 3.59. The summed E-state index contributed by atoms with van der Waals surface area (Å²) < 4.78 is 7.05. The Bertz CT molecular complexity index is 1310. The Balaban J connectivity index is 1.62. The molecule has 0 radical (unpaired) electrons. The molecule has 4 rings (SSSR count). The number of carbonyl (C=O) groups excluding carboxylic acids is 2. The van der Waals surface area contributed by atoms with E-state index in [4.69, 9.17) is 4.42 Å². The van der Waals surface area contributed by atoms with E-state index in [2.05, 4.69) is 10.3 Å². The first-order valence-corrected chi connectivity index (χ1v) is 10.6. The van der Waals surface area contributed by atoms with Gasteiger partial charge in [0.2, 0.25) is 11.7 Å².